The molecule has 2 aromatic rings. The van der Waals surface area contributed by atoms with Crippen LogP contribution in [0, 0.1) is 11.3 Å². The first-order chi connectivity index (χ1) is 10.7. The molecule has 1 fully saturated rings. The third kappa shape index (κ3) is 1.93. The van der Waals surface area contributed by atoms with Gasteiger partial charge in [-0.05, 0) is 24.5 Å². The van der Waals surface area contributed by atoms with E-state index < -0.39 is 0 Å². The molecule has 0 unspecified atom stereocenters. The molecule has 1 saturated carbocycles. The Morgan fingerprint density at radius 3 is 2.95 bits per heavy atom. The van der Waals surface area contributed by atoms with Crippen LogP contribution in [0.15, 0.2) is 23.3 Å². The van der Waals surface area contributed by atoms with Crippen LogP contribution in [0.2, 0.25) is 0 Å². The van der Waals surface area contributed by atoms with Gasteiger partial charge >= 0.3 is 0 Å². The normalized spacial score (nSPS) is 17.2. The van der Waals surface area contributed by atoms with Gasteiger partial charge in [0.2, 0.25) is 0 Å². The minimum absolute atomic E-state index is 0.00453. The molecule has 2 aliphatic rings. The molecule has 0 spiro atoms. The molecule has 22 heavy (non-hydrogen) atoms. The average molecular weight is 295 g/mol. The first kappa shape index (κ1) is 13.1. The van der Waals surface area contributed by atoms with Crippen LogP contribution >= 0.6 is 0 Å². The lowest BCUT2D eigenvalue weighted by molar-refractivity contribution is 0.650. The van der Waals surface area contributed by atoms with Gasteiger partial charge in [-0.2, -0.15) is 5.26 Å². The minimum Gasteiger partial charge on any atom is -0.347 e. The predicted molar refractivity (Wildman–Crippen MR) is 81.7 cm³/mol. The first-order valence-corrected chi connectivity index (χ1v) is 7.58. The third-order valence-electron chi connectivity index (χ3n) is 4.63. The van der Waals surface area contributed by atoms with E-state index >= 15 is 0 Å². The highest BCUT2D eigenvalue weighted by atomic mass is 16.1. The molecule has 0 aromatic carbocycles. The molecule has 6 nitrogen and oxygen atoms in total. The van der Waals surface area contributed by atoms with Crippen molar-refractivity contribution in [2.75, 3.05) is 11.4 Å². The summed E-state index contributed by atoms with van der Waals surface area (Å²) in [5.41, 5.74) is 2.98. The Labute approximate surface area is 128 Å². The van der Waals surface area contributed by atoms with Crippen molar-refractivity contribution < 1.29 is 0 Å². The average Bonchev–Trinajstić information content (AvgIpc) is 3.32. The van der Waals surface area contributed by atoms with Gasteiger partial charge in [0.15, 0.2) is 5.82 Å². The van der Waals surface area contributed by atoms with Crippen molar-refractivity contribution in [3.8, 4) is 6.07 Å². The van der Waals surface area contributed by atoms with Crippen LogP contribution in [-0.2, 0) is 20.0 Å². The summed E-state index contributed by atoms with van der Waals surface area (Å²) in [6.45, 7) is 1.40. The van der Waals surface area contributed by atoms with Crippen molar-refractivity contribution in [1.29, 1.82) is 5.26 Å². The van der Waals surface area contributed by atoms with Gasteiger partial charge in [-0.15, -0.1) is 0 Å². The number of hydrogen-bond acceptors (Lipinski definition) is 4. The third-order valence-corrected chi connectivity index (χ3v) is 4.63. The second kappa shape index (κ2) is 4.73. The van der Waals surface area contributed by atoms with Crippen molar-refractivity contribution in [1.82, 2.24) is 14.1 Å². The Kier molecular flexibility index (Phi) is 2.83. The maximum atomic E-state index is 12.6. The zero-order chi connectivity index (χ0) is 15.3. The van der Waals surface area contributed by atoms with E-state index in [1.165, 1.54) is 5.69 Å². The molecular weight excluding hydrogens is 278 g/mol. The number of hydrogen-bond donors (Lipinski definition) is 0. The number of fused-ring (bicyclic) bond motifs is 1. The summed E-state index contributed by atoms with van der Waals surface area (Å²) >= 11 is 0. The number of rotatable bonds is 2. The van der Waals surface area contributed by atoms with Crippen LogP contribution in [0.1, 0.15) is 35.8 Å². The number of anilines is 1. The van der Waals surface area contributed by atoms with Gasteiger partial charge in [0.05, 0.1) is 0 Å². The van der Waals surface area contributed by atoms with Crippen LogP contribution < -0.4 is 10.5 Å². The van der Waals surface area contributed by atoms with Gasteiger partial charge in [-0.3, -0.25) is 4.79 Å². The lowest BCUT2D eigenvalue weighted by Gasteiger charge is -2.28. The Balaban J connectivity index is 1.69. The highest BCUT2D eigenvalue weighted by Crippen LogP contribution is 2.33. The maximum absolute atomic E-state index is 12.6. The summed E-state index contributed by atoms with van der Waals surface area (Å²) in [7, 11) is 1.92. The molecule has 3 heterocycles. The van der Waals surface area contributed by atoms with Crippen LogP contribution in [0.25, 0.3) is 0 Å². The molecule has 0 atom stereocenters. The summed E-state index contributed by atoms with van der Waals surface area (Å²) in [5, 5.41) is 9.15. The monoisotopic (exact) mass is 295 g/mol. The van der Waals surface area contributed by atoms with E-state index in [1.54, 1.807) is 12.4 Å². The molecule has 1 aliphatic heterocycles. The largest absolute Gasteiger partial charge is 0.347 e. The Morgan fingerprint density at radius 2 is 2.23 bits per heavy atom. The van der Waals surface area contributed by atoms with E-state index in [9.17, 15) is 4.79 Å². The van der Waals surface area contributed by atoms with E-state index in [-0.39, 0.29) is 5.56 Å². The van der Waals surface area contributed by atoms with Crippen molar-refractivity contribution in [2.45, 2.75) is 31.8 Å². The van der Waals surface area contributed by atoms with Crippen LogP contribution in [0.4, 0.5) is 5.82 Å². The maximum Gasteiger partial charge on any atom is 0.293 e. The van der Waals surface area contributed by atoms with Crippen molar-refractivity contribution in [3.05, 3.63) is 45.8 Å². The molecule has 0 bridgehead atoms. The molecule has 0 N–H and O–H groups in total. The van der Waals surface area contributed by atoms with Crippen LogP contribution in [0.3, 0.4) is 0 Å². The molecule has 1 aliphatic carbocycles. The number of aromatic nitrogens is 3. The topological polar surface area (TPSA) is 66.8 Å². The standard InChI is InChI=1S/C16H17N5O/c1-19-13(9-17)8-11-10-20(6-4-14(11)19)15-16(22)21(7-5-18-15)12-2-3-12/h5,7-8,12H,2-4,6,10H2,1H3. The predicted octanol–water partition coefficient (Wildman–Crippen LogP) is 1.35. The molecule has 0 radical (unpaired) electrons. The lowest BCUT2D eigenvalue weighted by Crippen LogP contribution is -2.37. The van der Waals surface area contributed by atoms with Gasteiger partial charge in [0.25, 0.3) is 5.56 Å². The minimum atomic E-state index is 0.00453. The Hall–Kier alpha value is -2.55. The fourth-order valence-corrected chi connectivity index (χ4v) is 3.26. The molecule has 0 saturated heterocycles. The van der Waals surface area contributed by atoms with Gasteiger partial charge in [0, 0.05) is 50.7 Å². The summed E-state index contributed by atoms with van der Waals surface area (Å²) in [4.78, 5) is 18.9. The SMILES string of the molecule is Cn1c(C#N)cc2c1CCN(c1nccn(C3CC3)c1=O)C2. The molecule has 112 valence electrons. The molecule has 2 aromatic heterocycles. The lowest BCUT2D eigenvalue weighted by atomic mass is 10.1. The summed E-state index contributed by atoms with van der Waals surface area (Å²) in [6, 6.07) is 4.49. The number of nitrogens with zero attached hydrogens (tertiary/aromatic N) is 5. The van der Waals surface area contributed by atoms with Gasteiger partial charge in [0.1, 0.15) is 11.8 Å². The molecule has 0 amide bonds. The van der Waals surface area contributed by atoms with Gasteiger partial charge in [-0.25, -0.2) is 4.98 Å². The molecule has 6 heteroatoms. The first-order valence-electron chi connectivity index (χ1n) is 7.58. The van der Waals surface area contributed by atoms with Crippen molar-refractivity contribution in [2.24, 2.45) is 7.05 Å². The summed E-state index contributed by atoms with van der Waals surface area (Å²) in [5.74, 6) is 0.530. The quantitative estimate of drug-likeness (QED) is 0.839. The van der Waals surface area contributed by atoms with Gasteiger partial charge < -0.3 is 14.0 Å². The highest BCUT2D eigenvalue weighted by molar-refractivity contribution is 5.44. The summed E-state index contributed by atoms with van der Waals surface area (Å²) < 4.78 is 3.76. The zero-order valence-corrected chi connectivity index (χ0v) is 12.5. The highest BCUT2D eigenvalue weighted by Gasteiger charge is 2.28. The Bertz CT molecular complexity index is 837. The fraction of sp³-hybridized carbons (Fsp3) is 0.438. The van der Waals surface area contributed by atoms with Crippen LogP contribution in [-0.4, -0.2) is 20.7 Å². The van der Waals surface area contributed by atoms with Gasteiger partial charge in [-0.1, -0.05) is 0 Å². The zero-order valence-electron chi connectivity index (χ0n) is 12.5. The van der Waals surface area contributed by atoms with E-state index in [1.807, 2.05) is 27.1 Å². The second-order valence-electron chi connectivity index (χ2n) is 6.04. The molecular formula is C16H17N5O. The number of nitriles is 1. The van der Waals surface area contributed by atoms with E-state index in [0.29, 0.717) is 24.1 Å². The van der Waals surface area contributed by atoms with Crippen molar-refractivity contribution >= 4 is 5.82 Å². The van der Waals surface area contributed by atoms with E-state index in [2.05, 4.69) is 11.1 Å². The van der Waals surface area contributed by atoms with E-state index in [4.69, 9.17) is 5.26 Å². The van der Waals surface area contributed by atoms with E-state index in [0.717, 1.165) is 31.4 Å². The second-order valence-corrected chi connectivity index (χ2v) is 6.04. The van der Waals surface area contributed by atoms with Crippen LogP contribution in [0.5, 0.6) is 0 Å². The fourth-order valence-electron chi connectivity index (χ4n) is 3.26. The summed E-state index contributed by atoms with van der Waals surface area (Å²) in [6.07, 6.45) is 6.49. The molecule has 4 rings (SSSR count). The Morgan fingerprint density at radius 1 is 1.41 bits per heavy atom. The smallest absolute Gasteiger partial charge is 0.293 e. The van der Waals surface area contributed by atoms with Crippen molar-refractivity contribution in [3.63, 3.8) is 0 Å².